The molecule has 0 saturated carbocycles. The number of carbonyl (C=O) groups excluding carboxylic acids is 1. The summed E-state index contributed by atoms with van der Waals surface area (Å²) in [6.45, 7) is 3.06. The van der Waals surface area contributed by atoms with Gasteiger partial charge in [0.15, 0.2) is 11.5 Å². The summed E-state index contributed by atoms with van der Waals surface area (Å²) in [5.74, 6) is -0.0629. The zero-order chi connectivity index (χ0) is 21.7. The molecular formula is C21H24O8. The van der Waals surface area contributed by atoms with E-state index in [1.165, 1.54) is 47.5 Å². The number of carbonyl (C=O) groups is 2. The Hall–Kier alpha value is -3.42. The van der Waals surface area contributed by atoms with E-state index >= 15 is 0 Å². The largest absolute Gasteiger partial charge is 0.492 e. The molecule has 8 heteroatoms. The van der Waals surface area contributed by atoms with Gasteiger partial charge in [0, 0.05) is 24.5 Å². The molecule has 0 unspecified atom stereocenters. The number of hydrogen-bond donors (Lipinski definition) is 1. The molecule has 156 valence electrons. The Kier molecular flexibility index (Phi) is 6.93. The van der Waals surface area contributed by atoms with Crippen LogP contribution in [0, 0.1) is 6.92 Å². The molecule has 0 spiro atoms. The Morgan fingerprint density at radius 2 is 1.45 bits per heavy atom. The maximum atomic E-state index is 11.6. The summed E-state index contributed by atoms with van der Waals surface area (Å²) < 4.78 is 27.0. The molecule has 0 heterocycles. The first-order chi connectivity index (χ1) is 13.8. The molecule has 0 aromatic heterocycles. The molecule has 1 N–H and O–H groups in total. The van der Waals surface area contributed by atoms with Crippen LogP contribution in [-0.2, 0) is 11.2 Å². The zero-order valence-electron chi connectivity index (χ0n) is 17.2. The normalized spacial score (nSPS) is 10.3. The highest BCUT2D eigenvalue weighted by Gasteiger charge is 2.26. The molecule has 0 atom stereocenters. The average Bonchev–Trinajstić information content (AvgIpc) is 2.68. The van der Waals surface area contributed by atoms with Crippen LogP contribution in [-0.4, -0.2) is 45.5 Å². The van der Waals surface area contributed by atoms with Crippen molar-refractivity contribution in [3.05, 3.63) is 40.5 Å². The number of hydrogen-bond acceptors (Lipinski definition) is 7. The molecule has 0 aliphatic heterocycles. The number of carboxylic acid groups (broad SMARTS) is 1. The third-order valence-electron chi connectivity index (χ3n) is 4.41. The number of rotatable bonds is 8. The number of carboxylic acids is 1. The quantitative estimate of drug-likeness (QED) is 0.529. The molecule has 0 fully saturated rings. The van der Waals surface area contributed by atoms with Crippen LogP contribution in [0.2, 0.25) is 0 Å². The molecule has 2 aromatic carbocycles. The predicted molar refractivity (Wildman–Crippen MR) is 105 cm³/mol. The fourth-order valence-corrected chi connectivity index (χ4v) is 3.17. The minimum atomic E-state index is -1.20. The molecule has 2 rings (SSSR count). The van der Waals surface area contributed by atoms with Gasteiger partial charge in [-0.2, -0.15) is 0 Å². The molecule has 0 bridgehead atoms. The van der Waals surface area contributed by atoms with Gasteiger partial charge in [-0.25, -0.2) is 4.79 Å². The van der Waals surface area contributed by atoms with Crippen LogP contribution in [0.25, 0.3) is 0 Å². The van der Waals surface area contributed by atoms with Crippen molar-refractivity contribution in [1.82, 2.24) is 0 Å². The minimum Gasteiger partial charge on any atom is -0.492 e. The summed E-state index contributed by atoms with van der Waals surface area (Å²) in [4.78, 5) is 22.8. The van der Waals surface area contributed by atoms with E-state index < -0.39 is 11.9 Å². The van der Waals surface area contributed by atoms with E-state index in [2.05, 4.69) is 0 Å². The van der Waals surface area contributed by atoms with Crippen LogP contribution >= 0.6 is 0 Å². The fourth-order valence-electron chi connectivity index (χ4n) is 3.17. The van der Waals surface area contributed by atoms with E-state index in [1.807, 2.05) is 6.92 Å². The Labute approximate surface area is 168 Å². The third kappa shape index (κ3) is 4.37. The monoisotopic (exact) mass is 404 g/mol. The maximum Gasteiger partial charge on any atom is 0.339 e. The molecule has 8 nitrogen and oxygen atoms in total. The molecule has 0 saturated heterocycles. The summed E-state index contributed by atoms with van der Waals surface area (Å²) in [5.41, 5.74) is 2.08. The number of benzene rings is 2. The van der Waals surface area contributed by atoms with Crippen LogP contribution in [0.3, 0.4) is 0 Å². The van der Waals surface area contributed by atoms with Gasteiger partial charge in [-0.05, 0) is 24.6 Å². The highest BCUT2D eigenvalue weighted by atomic mass is 16.5. The van der Waals surface area contributed by atoms with Crippen molar-refractivity contribution in [2.45, 2.75) is 20.3 Å². The van der Waals surface area contributed by atoms with Crippen molar-refractivity contribution >= 4 is 11.9 Å². The van der Waals surface area contributed by atoms with E-state index in [9.17, 15) is 14.7 Å². The lowest BCUT2D eigenvalue weighted by Crippen LogP contribution is -2.09. The SMILES string of the molecule is COc1c(C)c(Cc2ccc(OC(C)=O)c(C(=O)O)c2)c(OC)c(OC)c1OC. The van der Waals surface area contributed by atoms with E-state index in [1.54, 1.807) is 6.07 Å². The van der Waals surface area contributed by atoms with E-state index in [-0.39, 0.29) is 11.3 Å². The first-order valence-electron chi connectivity index (χ1n) is 8.68. The van der Waals surface area contributed by atoms with Gasteiger partial charge in [-0.15, -0.1) is 0 Å². The topological polar surface area (TPSA) is 101 Å². The third-order valence-corrected chi connectivity index (χ3v) is 4.41. The van der Waals surface area contributed by atoms with E-state index in [0.29, 0.717) is 35.0 Å². The summed E-state index contributed by atoms with van der Waals surface area (Å²) in [6, 6.07) is 4.61. The number of ether oxygens (including phenoxy) is 5. The van der Waals surface area contributed by atoms with Gasteiger partial charge in [0.05, 0.1) is 28.4 Å². The van der Waals surface area contributed by atoms with Gasteiger partial charge in [-0.3, -0.25) is 4.79 Å². The van der Waals surface area contributed by atoms with Crippen molar-refractivity contribution in [1.29, 1.82) is 0 Å². The molecule has 0 radical (unpaired) electrons. The first kappa shape index (κ1) is 21.9. The van der Waals surface area contributed by atoms with Crippen LogP contribution in [0.1, 0.15) is 34.0 Å². The van der Waals surface area contributed by atoms with Gasteiger partial charge >= 0.3 is 11.9 Å². The van der Waals surface area contributed by atoms with E-state index in [0.717, 1.165) is 11.1 Å². The van der Waals surface area contributed by atoms with Gasteiger partial charge in [0.2, 0.25) is 11.5 Å². The van der Waals surface area contributed by atoms with Gasteiger partial charge < -0.3 is 28.8 Å². The van der Waals surface area contributed by atoms with Crippen molar-refractivity contribution in [3.63, 3.8) is 0 Å². The predicted octanol–water partition coefficient (Wildman–Crippen LogP) is 3.24. The fraction of sp³-hybridized carbons (Fsp3) is 0.333. The molecule has 2 aromatic rings. The van der Waals surface area contributed by atoms with E-state index in [4.69, 9.17) is 23.7 Å². The molecule has 0 aliphatic carbocycles. The van der Waals surface area contributed by atoms with Crippen LogP contribution < -0.4 is 23.7 Å². The Balaban J connectivity index is 2.63. The summed E-state index contributed by atoms with van der Waals surface area (Å²) >= 11 is 0. The van der Waals surface area contributed by atoms with Gasteiger partial charge in [0.1, 0.15) is 11.3 Å². The second-order valence-electron chi connectivity index (χ2n) is 6.14. The summed E-state index contributed by atoms with van der Waals surface area (Å²) in [5, 5.41) is 9.48. The van der Waals surface area contributed by atoms with Crippen molar-refractivity contribution < 1.29 is 38.4 Å². The van der Waals surface area contributed by atoms with Gasteiger partial charge in [0.25, 0.3) is 0 Å². The number of aromatic carboxylic acids is 1. The smallest absolute Gasteiger partial charge is 0.339 e. The minimum absolute atomic E-state index is 0.0117. The summed E-state index contributed by atoms with van der Waals surface area (Å²) in [7, 11) is 6.04. The molecule has 0 amide bonds. The maximum absolute atomic E-state index is 11.6. The Morgan fingerprint density at radius 3 is 1.93 bits per heavy atom. The lowest BCUT2D eigenvalue weighted by Gasteiger charge is -2.21. The van der Waals surface area contributed by atoms with Crippen molar-refractivity contribution in [2.24, 2.45) is 0 Å². The van der Waals surface area contributed by atoms with Gasteiger partial charge in [-0.1, -0.05) is 6.07 Å². The molecular weight excluding hydrogens is 380 g/mol. The second kappa shape index (κ2) is 9.18. The van der Waals surface area contributed by atoms with Crippen LogP contribution in [0.5, 0.6) is 28.7 Å². The van der Waals surface area contributed by atoms with Crippen LogP contribution in [0.15, 0.2) is 18.2 Å². The Morgan fingerprint density at radius 1 is 0.897 bits per heavy atom. The molecule has 29 heavy (non-hydrogen) atoms. The summed E-state index contributed by atoms with van der Waals surface area (Å²) in [6.07, 6.45) is 0.326. The lowest BCUT2D eigenvalue weighted by atomic mass is 9.96. The molecule has 0 aliphatic rings. The standard InChI is InChI=1S/C21H24O8/c1-11-14(18(26-4)20(28-6)19(27-5)17(11)25-3)9-13-7-8-16(29-12(2)22)15(10-13)21(23)24/h7-8,10H,9H2,1-6H3,(H,23,24). The highest BCUT2D eigenvalue weighted by molar-refractivity contribution is 5.92. The zero-order valence-corrected chi connectivity index (χ0v) is 17.2. The average molecular weight is 404 g/mol. The first-order valence-corrected chi connectivity index (χ1v) is 8.68. The van der Waals surface area contributed by atoms with Crippen molar-refractivity contribution in [2.75, 3.05) is 28.4 Å². The highest BCUT2D eigenvalue weighted by Crippen LogP contribution is 2.49. The second-order valence-corrected chi connectivity index (χ2v) is 6.14. The Bertz CT molecular complexity index is 933. The number of esters is 1. The number of methoxy groups -OCH3 is 4. The van der Waals surface area contributed by atoms with Crippen molar-refractivity contribution in [3.8, 4) is 28.7 Å². The van der Waals surface area contributed by atoms with Crippen LogP contribution in [0.4, 0.5) is 0 Å². The lowest BCUT2D eigenvalue weighted by molar-refractivity contribution is -0.131.